The van der Waals surface area contributed by atoms with Crippen molar-refractivity contribution in [1.29, 1.82) is 0 Å². The molecule has 0 heterocycles. The monoisotopic (exact) mass is 251 g/mol. The Morgan fingerprint density at radius 2 is 1.89 bits per heavy atom. The molecule has 98 valence electrons. The number of rotatable bonds is 6. The third-order valence-electron chi connectivity index (χ3n) is 2.42. The standard InChI is InChI=1S/C13H17NO4/c1-3-18-11-6-4-10(5-7-11)13(17)14(2)9-8-12(15)16/h4-7H,3,8-9H2,1-2H3,(H,15,16). The van der Waals surface area contributed by atoms with Gasteiger partial charge < -0.3 is 14.7 Å². The number of aliphatic carboxylic acids is 1. The number of carbonyl (C=O) groups is 2. The van der Waals surface area contributed by atoms with Crippen molar-refractivity contribution in [3.8, 4) is 5.75 Å². The Balaban J connectivity index is 2.62. The van der Waals surface area contributed by atoms with Crippen molar-refractivity contribution in [2.75, 3.05) is 20.2 Å². The molecule has 0 aliphatic rings. The van der Waals surface area contributed by atoms with Gasteiger partial charge in [-0.25, -0.2) is 0 Å². The zero-order chi connectivity index (χ0) is 13.5. The molecule has 1 aromatic carbocycles. The summed E-state index contributed by atoms with van der Waals surface area (Å²) in [4.78, 5) is 23.7. The Kier molecular flexibility index (Phi) is 5.17. The summed E-state index contributed by atoms with van der Waals surface area (Å²) in [6.07, 6.45) is -0.0563. The molecule has 0 bridgehead atoms. The van der Waals surface area contributed by atoms with Crippen molar-refractivity contribution in [1.82, 2.24) is 4.90 Å². The molecule has 1 aromatic rings. The van der Waals surface area contributed by atoms with Crippen LogP contribution in [0.15, 0.2) is 24.3 Å². The van der Waals surface area contributed by atoms with Gasteiger partial charge >= 0.3 is 5.97 Å². The van der Waals surface area contributed by atoms with E-state index in [9.17, 15) is 9.59 Å². The van der Waals surface area contributed by atoms with Crippen LogP contribution < -0.4 is 4.74 Å². The van der Waals surface area contributed by atoms with Crippen LogP contribution in [0.3, 0.4) is 0 Å². The van der Waals surface area contributed by atoms with Gasteiger partial charge in [-0.05, 0) is 31.2 Å². The van der Waals surface area contributed by atoms with Gasteiger partial charge in [-0.1, -0.05) is 0 Å². The molecule has 5 nitrogen and oxygen atoms in total. The number of benzene rings is 1. The van der Waals surface area contributed by atoms with E-state index in [0.29, 0.717) is 17.9 Å². The van der Waals surface area contributed by atoms with E-state index in [-0.39, 0.29) is 18.9 Å². The van der Waals surface area contributed by atoms with Crippen LogP contribution in [0, 0.1) is 0 Å². The Labute approximate surface area is 106 Å². The number of hydrogen-bond donors (Lipinski definition) is 1. The molecule has 0 atom stereocenters. The lowest BCUT2D eigenvalue weighted by molar-refractivity contribution is -0.137. The van der Waals surface area contributed by atoms with E-state index >= 15 is 0 Å². The minimum absolute atomic E-state index is 0.0563. The fraction of sp³-hybridized carbons (Fsp3) is 0.385. The number of carboxylic acids is 1. The molecule has 0 aromatic heterocycles. The summed E-state index contributed by atoms with van der Waals surface area (Å²) >= 11 is 0. The van der Waals surface area contributed by atoms with Crippen LogP contribution in [0.2, 0.25) is 0 Å². The summed E-state index contributed by atoms with van der Waals surface area (Å²) in [6.45, 7) is 2.66. The van der Waals surface area contributed by atoms with Crippen molar-refractivity contribution in [3.05, 3.63) is 29.8 Å². The summed E-state index contributed by atoms with van der Waals surface area (Å²) in [7, 11) is 1.59. The lowest BCUT2D eigenvalue weighted by Crippen LogP contribution is -2.28. The molecule has 0 saturated heterocycles. The van der Waals surface area contributed by atoms with Crippen LogP contribution in [0.5, 0.6) is 5.75 Å². The van der Waals surface area contributed by atoms with Crippen molar-refractivity contribution in [3.63, 3.8) is 0 Å². The van der Waals surface area contributed by atoms with Gasteiger partial charge in [0.2, 0.25) is 0 Å². The number of ether oxygens (including phenoxy) is 1. The van der Waals surface area contributed by atoms with Crippen LogP contribution in [-0.2, 0) is 4.79 Å². The number of carboxylic acid groups (broad SMARTS) is 1. The Morgan fingerprint density at radius 1 is 1.28 bits per heavy atom. The van der Waals surface area contributed by atoms with E-state index in [0.717, 1.165) is 0 Å². The molecule has 5 heteroatoms. The summed E-state index contributed by atoms with van der Waals surface area (Å²) in [5.74, 6) is -0.400. The normalized spacial score (nSPS) is 9.89. The van der Waals surface area contributed by atoms with Crippen LogP contribution >= 0.6 is 0 Å². The quantitative estimate of drug-likeness (QED) is 0.834. The molecule has 1 amide bonds. The lowest BCUT2D eigenvalue weighted by atomic mass is 10.2. The second kappa shape index (κ2) is 6.64. The number of hydrogen-bond acceptors (Lipinski definition) is 3. The van der Waals surface area contributed by atoms with E-state index in [1.807, 2.05) is 6.92 Å². The first-order valence-corrected chi connectivity index (χ1v) is 5.74. The predicted molar refractivity (Wildman–Crippen MR) is 66.8 cm³/mol. The Hall–Kier alpha value is -2.04. The number of nitrogens with zero attached hydrogens (tertiary/aromatic N) is 1. The van der Waals surface area contributed by atoms with Crippen LogP contribution in [-0.4, -0.2) is 42.1 Å². The topological polar surface area (TPSA) is 66.8 Å². The molecule has 0 radical (unpaired) electrons. The highest BCUT2D eigenvalue weighted by Gasteiger charge is 2.12. The molecule has 0 spiro atoms. The first-order chi connectivity index (χ1) is 8.54. The average Bonchev–Trinajstić information content (AvgIpc) is 2.36. The first kappa shape index (κ1) is 14.0. The van der Waals surface area contributed by atoms with Gasteiger partial charge in [-0.2, -0.15) is 0 Å². The molecule has 0 fully saturated rings. The molecular formula is C13H17NO4. The largest absolute Gasteiger partial charge is 0.494 e. The van der Waals surface area contributed by atoms with Gasteiger partial charge in [-0.3, -0.25) is 9.59 Å². The molecule has 1 N–H and O–H groups in total. The minimum Gasteiger partial charge on any atom is -0.494 e. The fourth-order valence-electron chi connectivity index (χ4n) is 1.45. The fourth-order valence-corrected chi connectivity index (χ4v) is 1.45. The zero-order valence-electron chi connectivity index (χ0n) is 10.5. The summed E-state index contributed by atoms with van der Waals surface area (Å²) in [6, 6.07) is 6.79. The average molecular weight is 251 g/mol. The summed E-state index contributed by atoms with van der Waals surface area (Å²) in [5, 5.41) is 8.56. The minimum atomic E-state index is -0.915. The van der Waals surface area contributed by atoms with E-state index in [4.69, 9.17) is 9.84 Å². The first-order valence-electron chi connectivity index (χ1n) is 5.74. The van der Waals surface area contributed by atoms with Gasteiger partial charge in [0.15, 0.2) is 0 Å². The molecule has 0 aliphatic heterocycles. The second-order valence-electron chi connectivity index (χ2n) is 3.83. The number of amides is 1. The molecule has 0 aliphatic carbocycles. The highest BCUT2D eigenvalue weighted by Crippen LogP contribution is 2.13. The predicted octanol–water partition coefficient (Wildman–Crippen LogP) is 1.63. The van der Waals surface area contributed by atoms with Gasteiger partial charge in [-0.15, -0.1) is 0 Å². The zero-order valence-corrected chi connectivity index (χ0v) is 10.5. The maximum Gasteiger partial charge on any atom is 0.305 e. The molecule has 0 unspecified atom stereocenters. The van der Waals surface area contributed by atoms with Crippen molar-refractivity contribution < 1.29 is 19.4 Å². The van der Waals surface area contributed by atoms with E-state index in [2.05, 4.69) is 0 Å². The summed E-state index contributed by atoms with van der Waals surface area (Å²) in [5.41, 5.74) is 0.520. The highest BCUT2D eigenvalue weighted by atomic mass is 16.5. The van der Waals surface area contributed by atoms with Gasteiger partial charge in [0.25, 0.3) is 5.91 Å². The van der Waals surface area contributed by atoms with Crippen molar-refractivity contribution >= 4 is 11.9 Å². The Morgan fingerprint density at radius 3 is 2.39 bits per heavy atom. The van der Waals surface area contributed by atoms with E-state index in [1.54, 1.807) is 31.3 Å². The molecule has 18 heavy (non-hydrogen) atoms. The summed E-state index contributed by atoms with van der Waals surface area (Å²) < 4.78 is 5.28. The van der Waals surface area contributed by atoms with Crippen LogP contribution in [0.1, 0.15) is 23.7 Å². The van der Waals surface area contributed by atoms with Gasteiger partial charge in [0.1, 0.15) is 5.75 Å². The maximum absolute atomic E-state index is 11.9. The second-order valence-corrected chi connectivity index (χ2v) is 3.83. The third-order valence-corrected chi connectivity index (χ3v) is 2.42. The molecule has 0 saturated carbocycles. The van der Waals surface area contributed by atoms with Crippen molar-refractivity contribution in [2.24, 2.45) is 0 Å². The number of carbonyl (C=O) groups excluding carboxylic acids is 1. The Bertz CT molecular complexity index is 414. The molecular weight excluding hydrogens is 234 g/mol. The van der Waals surface area contributed by atoms with Crippen molar-refractivity contribution in [2.45, 2.75) is 13.3 Å². The molecule has 1 rings (SSSR count). The SMILES string of the molecule is CCOc1ccc(C(=O)N(C)CCC(=O)O)cc1. The lowest BCUT2D eigenvalue weighted by Gasteiger charge is -2.16. The maximum atomic E-state index is 11.9. The third kappa shape index (κ3) is 4.08. The van der Waals surface area contributed by atoms with E-state index in [1.165, 1.54) is 4.90 Å². The smallest absolute Gasteiger partial charge is 0.305 e. The van der Waals surface area contributed by atoms with Gasteiger partial charge in [0.05, 0.1) is 13.0 Å². The van der Waals surface area contributed by atoms with Crippen LogP contribution in [0.25, 0.3) is 0 Å². The highest BCUT2D eigenvalue weighted by molar-refractivity contribution is 5.94. The van der Waals surface area contributed by atoms with Gasteiger partial charge in [0, 0.05) is 19.2 Å². The van der Waals surface area contributed by atoms with Crippen LogP contribution in [0.4, 0.5) is 0 Å². The van der Waals surface area contributed by atoms with E-state index < -0.39 is 5.97 Å².